The number of aryl methyl sites for hydroxylation is 1. The topological polar surface area (TPSA) is 42.4 Å². The molecule has 1 aromatic carbocycles. The van der Waals surface area contributed by atoms with Gasteiger partial charge in [-0.15, -0.1) is 11.3 Å². The number of rotatable bonds is 4. The van der Waals surface area contributed by atoms with Gasteiger partial charge in [-0.2, -0.15) is 0 Å². The van der Waals surface area contributed by atoms with Crippen LogP contribution in [-0.4, -0.2) is 17.2 Å². The van der Waals surface area contributed by atoms with Gasteiger partial charge in [-0.25, -0.2) is 4.98 Å². The largest absolute Gasteiger partial charge is 0.497 e. The molecule has 3 nitrogen and oxygen atoms in total. The van der Waals surface area contributed by atoms with E-state index in [1.807, 2.05) is 36.6 Å². The molecule has 17 heavy (non-hydrogen) atoms. The molecule has 0 radical (unpaired) electrons. The number of nitrogens with zero attached hydrogens (tertiary/aromatic N) is 1. The lowest BCUT2D eigenvalue weighted by atomic mass is 10.1. The fourth-order valence-corrected chi connectivity index (χ4v) is 2.42. The average molecular weight is 249 g/mol. The molecule has 0 amide bonds. The molecule has 0 bridgehead atoms. The molecular formula is C13H15NO2S. The zero-order chi connectivity index (χ0) is 12.3. The van der Waals surface area contributed by atoms with E-state index in [4.69, 9.17) is 4.74 Å². The van der Waals surface area contributed by atoms with Crippen LogP contribution in [0.1, 0.15) is 22.4 Å². The van der Waals surface area contributed by atoms with E-state index >= 15 is 0 Å². The molecule has 0 saturated heterocycles. The van der Waals surface area contributed by atoms with E-state index in [0.29, 0.717) is 6.42 Å². The molecule has 0 aliphatic rings. The molecule has 1 unspecified atom stereocenters. The van der Waals surface area contributed by atoms with Crippen molar-refractivity contribution >= 4 is 11.3 Å². The van der Waals surface area contributed by atoms with E-state index in [0.717, 1.165) is 22.0 Å². The van der Waals surface area contributed by atoms with Crippen LogP contribution in [0.25, 0.3) is 0 Å². The van der Waals surface area contributed by atoms with E-state index in [1.165, 1.54) is 0 Å². The van der Waals surface area contributed by atoms with Crippen LogP contribution in [0, 0.1) is 6.92 Å². The Hall–Kier alpha value is -1.39. The molecule has 0 aliphatic heterocycles. The molecule has 0 fully saturated rings. The molecule has 1 atom stereocenters. The van der Waals surface area contributed by atoms with Crippen molar-refractivity contribution in [2.75, 3.05) is 7.11 Å². The number of aliphatic hydroxyl groups excluding tert-OH is 1. The van der Waals surface area contributed by atoms with Crippen LogP contribution in [0.4, 0.5) is 0 Å². The van der Waals surface area contributed by atoms with E-state index in [-0.39, 0.29) is 0 Å². The second-order valence-corrected chi connectivity index (χ2v) is 4.82. The quantitative estimate of drug-likeness (QED) is 0.906. The summed E-state index contributed by atoms with van der Waals surface area (Å²) in [7, 11) is 1.63. The van der Waals surface area contributed by atoms with Crippen LogP contribution in [0.15, 0.2) is 29.6 Å². The number of aliphatic hydroxyl groups is 1. The first-order valence-corrected chi connectivity index (χ1v) is 6.30. The van der Waals surface area contributed by atoms with Crippen molar-refractivity contribution in [1.29, 1.82) is 0 Å². The molecule has 0 spiro atoms. The molecular weight excluding hydrogens is 234 g/mol. The lowest BCUT2D eigenvalue weighted by Gasteiger charge is -2.09. The zero-order valence-corrected chi connectivity index (χ0v) is 10.7. The molecule has 1 aromatic heterocycles. The number of aromatic nitrogens is 1. The van der Waals surface area contributed by atoms with Gasteiger partial charge in [0.1, 0.15) is 5.75 Å². The van der Waals surface area contributed by atoms with E-state index in [9.17, 15) is 5.11 Å². The number of thiazole rings is 1. The fourth-order valence-electron chi connectivity index (χ4n) is 1.61. The SMILES string of the molecule is COc1ccc(C(O)Cc2nc(C)cs2)cc1. The summed E-state index contributed by atoms with van der Waals surface area (Å²) in [5, 5.41) is 13.0. The second kappa shape index (κ2) is 5.29. The van der Waals surface area contributed by atoms with Gasteiger partial charge in [0.25, 0.3) is 0 Å². The second-order valence-electron chi connectivity index (χ2n) is 3.88. The van der Waals surface area contributed by atoms with Crippen LogP contribution in [0.5, 0.6) is 5.75 Å². The Bertz CT molecular complexity index is 478. The van der Waals surface area contributed by atoms with Gasteiger partial charge in [0.05, 0.1) is 18.2 Å². The first kappa shape index (κ1) is 12.1. The normalized spacial score (nSPS) is 12.4. The van der Waals surface area contributed by atoms with E-state index in [2.05, 4.69) is 4.98 Å². The third-order valence-corrected chi connectivity index (χ3v) is 3.52. The summed E-state index contributed by atoms with van der Waals surface area (Å²) < 4.78 is 5.08. The smallest absolute Gasteiger partial charge is 0.118 e. The van der Waals surface area contributed by atoms with Crippen LogP contribution < -0.4 is 4.74 Å². The number of hydrogen-bond donors (Lipinski definition) is 1. The molecule has 1 heterocycles. The van der Waals surface area contributed by atoms with Crippen LogP contribution in [0.2, 0.25) is 0 Å². The molecule has 4 heteroatoms. The Labute approximate surface area is 105 Å². The number of ether oxygens (including phenoxy) is 1. The van der Waals surface area contributed by atoms with Gasteiger partial charge in [-0.3, -0.25) is 0 Å². The number of benzene rings is 1. The highest BCUT2D eigenvalue weighted by Crippen LogP contribution is 2.22. The summed E-state index contributed by atoms with van der Waals surface area (Å²) in [6, 6.07) is 7.46. The van der Waals surface area contributed by atoms with Gasteiger partial charge in [0.15, 0.2) is 0 Å². The Morgan fingerprint density at radius 2 is 2.06 bits per heavy atom. The Kier molecular flexibility index (Phi) is 3.76. The van der Waals surface area contributed by atoms with E-state index in [1.54, 1.807) is 18.4 Å². The predicted molar refractivity (Wildman–Crippen MR) is 68.5 cm³/mol. The van der Waals surface area contributed by atoms with Crippen LogP contribution in [0.3, 0.4) is 0 Å². The first-order chi connectivity index (χ1) is 8.19. The van der Waals surface area contributed by atoms with Crippen molar-refractivity contribution in [3.8, 4) is 5.75 Å². The monoisotopic (exact) mass is 249 g/mol. The Morgan fingerprint density at radius 3 is 2.59 bits per heavy atom. The fraction of sp³-hybridized carbons (Fsp3) is 0.308. The summed E-state index contributed by atoms with van der Waals surface area (Å²) in [6.45, 7) is 1.96. The molecule has 1 N–H and O–H groups in total. The summed E-state index contributed by atoms with van der Waals surface area (Å²) in [5.74, 6) is 0.797. The van der Waals surface area contributed by atoms with Gasteiger partial charge >= 0.3 is 0 Å². The summed E-state index contributed by atoms with van der Waals surface area (Å²) in [5.41, 5.74) is 1.89. The first-order valence-electron chi connectivity index (χ1n) is 5.42. The molecule has 2 rings (SSSR count). The number of methoxy groups -OCH3 is 1. The molecule has 2 aromatic rings. The lowest BCUT2D eigenvalue weighted by molar-refractivity contribution is 0.178. The Morgan fingerprint density at radius 1 is 1.35 bits per heavy atom. The summed E-state index contributed by atoms with van der Waals surface area (Å²) >= 11 is 1.58. The molecule has 0 saturated carbocycles. The lowest BCUT2D eigenvalue weighted by Crippen LogP contribution is -2.01. The van der Waals surface area contributed by atoms with Gasteiger partial charge < -0.3 is 9.84 Å². The van der Waals surface area contributed by atoms with Gasteiger partial charge in [0.2, 0.25) is 0 Å². The minimum atomic E-state index is -0.508. The number of hydrogen-bond acceptors (Lipinski definition) is 4. The van der Waals surface area contributed by atoms with Gasteiger partial charge in [0, 0.05) is 17.5 Å². The van der Waals surface area contributed by atoms with Gasteiger partial charge in [-0.05, 0) is 24.6 Å². The van der Waals surface area contributed by atoms with Crippen molar-refractivity contribution in [2.24, 2.45) is 0 Å². The zero-order valence-electron chi connectivity index (χ0n) is 9.88. The maximum Gasteiger partial charge on any atom is 0.118 e. The highest BCUT2D eigenvalue weighted by molar-refractivity contribution is 7.09. The summed E-state index contributed by atoms with van der Waals surface area (Å²) in [4.78, 5) is 4.34. The third-order valence-electron chi connectivity index (χ3n) is 2.54. The minimum Gasteiger partial charge on any atom is -0.497 e. The van der Waals surface area contributed by atoms with Crippen molar-refractivity contribution in [3.05, 3.63) is 45.9 Å². The van der Waals surface area contributed by atoms with Crippen molar-refractivity contribution in [3.63, 3.8) is 0 Å². The summed E-state index contributed by atoms with van der Waals surface area (Å²) in [6.07, 6.45) is 0.0524. The van der Waals surface area contributed by atoms with Crippen molar-refractivity contribution in [1.82, 2.24) is 4.98 Å². The van der Waals surface area contributed by atoms with Crippen LogP contribution >= 0.6 is 11.3 Å². The maximum atomic E-state index is 10.1. The standard InChI is InChI=1S/C13H15NO2S/c1-9-8-17-13(14-9)7-12(15)10-3-5-11(16-2)6-4-10/h3-6,8,12,15H,7H2,1-2H3. The molecule has 90 valence electrons. The van der Waals surface area contributed by atoms with Crippen LogP contribution in [-0.2, 0) is 6.42 Å². The third kappa shape index (κ3) is 3.05. The van der Waals surface area contributed by atoms with Gasteiger partial charge in [-0.1, -0.05) is 12.1 Å². The van der Waals surface area contributed by atoms with Crippen molar-refractivity contribution in [2.45, 2.75) is 19.4 Å². The predicted octanol–water partition coefficient (Wildman–Crippen LogP) is 2.74. The Balaban J connectivity index is 2.06. The highest BCUT2D eigenvalue weighted by atomic mass is 32.1. The highest BCUT2D eigenvalue weighted by Gasteiger charge is 2.10. The molecule has 0 aliphatic carbocycles. The average Bonchev–Trinajstić information content (AvgIpc) is 2.75. The maximum absolute atomic E-state index is 10.1. The minimum absolute atomic E-state index is 0.508. The van der Waals surface area contributed by atoms with Crippen molar-refractivity contribution < 1.29 is 9.84 Å². The van der Waals surface area contributed by atoms with E-state index < -0.39 is 6.10 Å².